The van der Waals surface area contributed by atoms with Gasteiger partial charge in [-0.25, -0.2) is 14.5 Å². The summed E-state index contributed by atoms with van der Waals surface area (Å²) in [5.41, 5.74) is 3.14. The van der Waals surface area contributed by atoms with Crippen LogP contribution in [0.2, 0.25) is 0 Å². The Balaban J connectivity index is 0.871. The second-order valence-corrected chi connectivity index (χ2v) is 23.3. The van der Waals surface area contributed by atoms with E-state index in [0.717, 1.165) is 84.8 Å². The second-order valence-electron chi connectivity index (χ2n) is 22.1. The minimum atomic E-state index is -1.01. The van der Waals surface area contributed by atoms with Crippen LogP contribution in [0.3, 0.4) is 0 Å². The number of carbonyl (C=O) groups excluding carboxylic acids is 2. The number of aromatic nitrogens is 2. The number of carbonyl (C=O) groups is 5. The zero-order chi connectivity index (χ0) is 55.0. The normalized spacial score (nSPS) is 23.5. The lowest BCUT2D eigenvalue weighted by Crippen LogP contribution is -2.59. The lowest BCUT2D eigenvalue weighted by molar-refractivity contribution is -0.153. The van der Waals surface area contributed by atoms with Crippen LogP contribution in [0.1, 0.15) is 76.0 Å². The first-order chi connectivity index (χ1) is 36.9. The zero-order valence-corrected chi connectivity index (χ0v) is 46.5. The molecule has 0 radical (unpaired) electrons. The third-order valence-electron chi connectivity index (χ3n) is 16.4. The van der Waals surface area contributed by atoms with Gasteiger partial charge in [-0.05, 0) is 142 Å². The standard InChI is InChI=1S/C56H79N9O11S/c1-37(2)43-31-42(77-25-9-15-59(3)14-8-16-60(4)49(66)33-61-17-19-62(34-50(67)68)21-23-64(36-52(71)72)24-22-63(20-18-61)35-51(69)70)12-13-45(43)65-46(53-47(74-5)10-7-11-48(53)75-6)32-44(58-65)54-57-56(55(73)76-54)40-27-38-26-39(29-40)30-41(56)28-38/h7,10-13,31-32,37-41H,8-9,14-30,33-36H2,1-6H3,(H,67,68)(H,69,70)(H,71,72). The Labute approximate surface area is 456 Å². The Kier molecular flexibility index (Phi) is 19.4. The monoisotopic (exact) mass is 1090 g/mol. The molecule has 9 rings (SSSR count). The Morgan fingerprint density at radius 3 is 1.75 bits per heavy atom. The molecule has 3 heterocycles. The third-order valence-corrected chi connectivity index (χ3v) is 17.5. The van der Waals surface area contributed by atoms with E-state index in [-0.39, 0.29) is 61.7 Å². The first kappa shape index (κ1) is 57.6. The summed E-state index contributed by atoms with van der Waals surface area (Å²) in [6, 6.07) is 14.2. The SMILES string of the molecule is COc1cccc(OC)c1-c1cc(C2=NC3(C(=O)O2)C2CC4CC(C2)CC3C4)nn1-c1ccc(SCCCN(C)CCCN(C)C(=O)CN2CCN(CC(=O)O)CCN(CC(=O)O)CCN(CC(=O)O)CC2)cc1C(C)C. The number of aliphatic imine (C=N–C) groups is 1. The molecule has 0 unspecified atom stereocenters. The van der Waals surface area contributed by atoms with Crippen molar-refractivity contribution < 1.29 is 53.5 Å². The molecule has 2 aliphatic heterocycles. The second kappa shape index (κ2) is 25.9. The molecule has 20 nitrogen and oxygen atoms in total. The van der Waals surface area contributed by atoms with E-state index in [1.54, 1.807) is 52.6 Å². The summed E-state index contributed by atoms with van der Waals surface area (Å²) in [7, 11) is 7.16. The van der Waals surface area contributed by atoms with E-state index < -0.39 is 23.4 Å². The lowest BCUT2D eigenvalue weighted by atomic mass is 9.49. The zero-order valence-electron chi connectivity index (χ0n) is 45.7. The molecular weight excluding hydrogens is 1010 g/mol. The molecule has 420 valence electrons. The van der Waals surface area contributed by atoms with Gasteiger partial charge in [-0.2, -0.15) is 5.10 Å². The number of likely N-dealkylation sites (N-methyl/N-ethyl adjacent to an activating group) is 1. The van der Waals surface area contributed by atoms with E-state index in [2.05, 4.69) is 44.0 Å². The average Bonchev–Trinajstić information content (AvgIpc) is 3.99. The molecule has 1 amide bonds. The Hall–Kier alpha value is -5.58. The molecule has 4 aliphatic carbocycles. The van der Waals surface area contributed by atoms with Gasteiger partial charge in [0, 0.05) is 70.8 Å². The number of aliphatic carboxylic acids is 3. The number of amides is 1. The summed E-state index contributed by atoms with van der Waals surface area (Å²) < 4.78 is 19.9. The molecule has 2 aromatic carbocycles. The van der Waals surface area contributed by atoms with Crippen LogP contribution in [0.5, 0.6) is 11.5 Å². The molecular formula is C56H79N9O11S. The maximum Gasteiger partial charge on any atom is 0.341 e. The molecule has 1 saturated heterocycles. The van der Waals surface area contributed by atoms with Crippen LogP contribution >= 0.6 is 11.8 Å². The minimum Gasteiger partial charge on any atom is -0.496 e. The number of cyclic esters (lactones) is 1. The maximum absolute atomic E-state index is 14.0. The number of hydrogen-bond acceptors (Lipinski definition) is 16. The van der Waals surface area contributed by atoms with Crippen LogP contribution in [0.25, 0.3) is 16.9 Å². The number of carboxylic acids is 3. The molecule has 21 heteroatoms. The predicted octanol–water partition coefficient (Wildman–Crippen LogP) is 4.92. The quantitative estimate of drug-likeness (QED) is 0.0652. The predicted molar refractivity (Wildman–Crippen MR) is 292 cm³/mol. The van der Waals surface area contributed by atoms with Crippen molar-refractivity contribution in [2.75, 3.05) is 132 Å². The van der Waals surface area contributed by atoms with Gasteiger partial charge in [0.15, 0.2) is 5.54 Å². The number of thioether (sulfide) groups is 1. The third kappa shape index (κ3) is 14.0. The Bertz CT molecular complexity index is 2540. The first-order valence-electron chi connectivity index (χ1n) is 27.3. The number of ether oxygens (including phenoxy) is 3. The van der Waals surface area contributed by atoms with Crippen molar-refractivity contribution in [3.05, 3.63) is 53.7 Å². The lowest BCUT2D eigenvalue weighted by Gasteiger charge is -2.56. The van der Waals surface area contributed by atoms with E-state index in [9.17, 15) is 39.3 Å². The molecule has 3 aromatic rings. The molecule has 3 N–H and O–H groups in total. The van der Waals surface area contributed by atoms with E-state index in [4.69, 9.17) is 24.3 Å². The number of benzene rings is 2. The summed E-state index contributed by atoms with van der Waals surface area (Å²) in [5, 5.41) is 33.8. The van der Waals surface area contributed by atoms with Crippen molar-refractivity contribution in [1.29, 1.82) is 0 Å². The van der Waals surface area contributed by atoms with Crippen molar-refractivity contribution >= 4 is 47.4 Å². The van der Waals surface area contributed by atoms with Gasteiger partial charge in [-0.1, -0.05) is 19.9 Å². The molecule has 5 fully saturated rings. The molecule has 4 saturated carbocycles. The Morgan fingerprint density at radius 2 is 1.25 bits per heavy atom. The van der Waals surface area contributed by atoms with E-state index in [1.165, 1.54) is 6.42 Å². The number of carboxylic acid groups (broad SMARTS) is 3. The summed E-state index contributed by atoms with van der Waals surface area (Å²) in [6.45, 7) is 8.74. The molecule has 1 aromatic heterocycles. The van der Waals surface area contributed by atoms with Crippen molar-refractivity contribution in [1.82, 2.24) is 39.2 Å². The van der Waals surface area contributed by atoms with Crippen LogP contribution in [-0.2, 0) is 28.7 Å². The molecule has 0 atom stereocenters. The topological polar surface area (TPSA) is 223 Å². The highest BCUT2D eigenvalue weighted by Crippen LogP contribution is 2.61. The summed E-state index contributed by atoms with van der Waals surface area (Å²) in [4.78, 5) is 80.1. The van der Waals surface area contributed by atoms with Crippen molar-refractivity contribution in [2.45, 2.75) is 75.1 Å². The fraction of sp³-hybridized carbons (Fsp3) is 0.625. The highest BCUT2D eigenvalue weighted by molar-refractivity contribution is 7.99. The van der Waals surface area contributed by atoms with E-state index in [1.807, 2.05) is 33.8 Å². The van der Waals surface area contributed by atoms with Crippen molar-refractivity contribution in [3.63, 3.8) is 0 Å². The number of rotatable bonds is 23. The van der Waals surface area contributed by atoms with Crippen LogP contribution in [-0.4, -0.2) is 228 Å². The smallest absolute Gasteiger partial charge is 0.341 e. The van der Waals surface area contributed by atoms with Gasteiger partial charge < -0.3 is 39.3 Å². The summed E-state index contributed by atoms with van der Waals surface area (Å²) in [5.74, 6) is 1.04. The molecule has 4 bridgehead atoms. The van der Waals surface area contributed by atoms with Crippen LogP contribution in [0, 0.1) is 23.7 Å². The van der Waals surface area contributed by atoms with Crippen LogP contribution in [0.4, 0.5) is 0 Å². The Morgan fingerprint density at radius 1 is 0.727 bits per heavy atom. The van der Waals surface area contributed by atoms with Gasteiger partial charge in [-0.15, -0.1) is 11.8 Å². The fourth-order valence-corrected chi connectivity index (χ4v) is 13.5. The van der Waals surface area contributed by atoms with Gasteiger partial charge in [0.2, 0.25) is 11.8 Å². The highest BCUT2D eigenvalue weighted by atomic mass is 32.2. The summed E-state index contributed by atoms with van der Waals surface area (Å²) >= 11 is 1.81. The molecule has 1 spiro atoms. The average molecular weight is 1090 g/mol. The van der Waals surface area contributed by atoms with Crippen LogP contribution < -0.4 is 9.47 Å². The minimum absolute atomic E-state index is 0.0759. The van der Waals surface area contributed by atoms with Crippen LogP contribution in [0.15, 0.2) is 52.4 Å². The first-order valence-corrected chi connectivity index (χ1v) is 28.3. The number of nitrogens with zero attached hydrogens (tertiary/aromatic N) is 9. The van der Waals surface area contributed by atoms with Crippen molar-refractivity contribution in [3.8, 4) is 28.4 Å². The largest absolute Gasteiger partial charge is 0.496 e. The number of hydrogen-bond donors (Lipinski definition) is 3. The summed E-state index contributed by atoms with van der Waals surface area (Å²) in [6.07, 6.45) is 7.12. The van der Waals surface area contributed by atoms with Gasteiger partial charge in [-0.3, -0.25) is 38.8 Å². The fourth-order valence-electron chi connectivity index (χ4n) is 12.6. The van der Waals surface area contributed by atoms with Gasteiger partial charge >= 0.3 is 23.9 Å². The number of esters is 1. The maximum atomic E-state index is 14.0. The van der Waals surface area contributed by atoms with Gasteiger partial charge in [0.25, 0.3) is 0 Å². The molecule has 77 heavy (non-hydrogen) atoms. The number of methoxy groups -OCH3 is 2. The highest BCUT2D eigenvalue weighted by Gasteiger charge is 2.65. The van der Waals surface area contributed by atoms with E-state index in [0.29, 0.717) is 87.9 Å². The van der Waals surface area contributed by atoms with E-state index >= 15 is 0 Å². The van der Waals surface area contributed by atoms with Crippen molar-refractivity contribution in [2.24, 2.45) is 28.7 Å². The molecule has 6 aliphatic rings. The van der Waals surface area contributed by atoms with Gasteiger partial charge in [0.1, 0.15) is 17.2 Å². The van der Waals surface area contributed by atoms with Gasteiger partial charge in [0.05, 0.1) is 57.3 Å².